The zero-order valence-corrected chi connectivity index (χ0v) is 12.5. The van der Waals surface area contributed by atoms with E-state index in [9.17, 15) is 18.4 Å². The molecule has 0 bridgehead atoms. The van der Waals surface area contributed by atoms with Crippen molar-refractivity contribution >= 4 is 27.5 Å². The number of amides is 1. The van der Waals surface area contributed by atoms with Crippen molar-refractivity contribution in [3.05, 3.63) is 27.1 Å². The van der Waals surface area contributed by atoms with E-state index in [0.717, 1.165) is 0 Å². The second kappa shape index (κ2) is 7.10. The summed E-state index contributed by atoms with van der Waals surface area (Å²) in [5.41, 5.74) is -0.337. The number of ether oxygens (including phenoxy) is 1. The molecular formula is C12H14BrF2N3O3. The first-order chi connectivity index (χ1) is 9.99. The fourth-order valence-electron chi connectivity index (χ4n) is 2.04. The molecule has 2 N–H and O–H groups in total. The average Bonchev–Trinajstić information content (AvgIpc) is 2.44. The summed E-state index contributed by atoms with van der Waals surface area (Å²) in [7, 11) is 0. The second-order valence-electron chi connectivity index (χ2n) is 4.51. The van der Waals surface area contributed by atoms with E-state index in [1.165, 1.54) is 17.3 Å². The lowest BCUT2D eigenvalue weighted by Gasteiger charge is -2.34. The Bertz CT molecular complexity index is 567. The Morgan fingerprint density at radius 2 is 2.33 bits per heavy atom. The van der Waals surface area contributed by atoms with E-state index in [1.807, 2.05) is 0 Å². The number of anilines is 1. The van der Waals surface area contributed by atoms with E-state index >= 15 is 0 Å². The summed E-state index contributed by atoms with van der Waals surface area (Å²) in [6.45, 7) is 0.0615. The van der Waals surface area contributed by atoms with Gasteiger partial charge in [0.2, 0.25) is 11.3 Å². The van der Waals surface area contributed by atoms with Crippen LogP contribution in [-0.2, 0) is 9.53 Å². The maximum atomic E-state index is 12.5. The largest absolute Gasteiger partial charge is 0.378 e. The molecule has 1 aliphatic rings. The minimum Gasteiger partial charge on any atom is -0.378 e. The van der Waals surface area contributed by atoms with E-state index in [0.29, 0.717) is 6.61 Å². The van der Waals surface area contributed by atoms with Crippen molar-refractivity contribution < 1.29 is 18.3 Å². The summed E-state index contributed by atoms with van der Waals surface area (Å²) in [4.78, 5) is 28.0. The lowest BCUT2D eigenvalue weighted by molar-refractivity contribution is -0.128. The Morgan fingerprint density at radius 3 is 3.05 bits per heavy atom. The molecule has 6 nitrogen and oxygen atoms in total. The summed E-state index contributed by atoms with van der Waals surface area (Å²) < 4.78 is 30.5. The number of carbonyl (C=O) groups is 1. The van der Waals surface area contributed by atoms with E-state index < -0.39 is 24.9 Å². The quantitative estimate of drug-likeness (QED) is 0.835. The number of hydrogen-bond acceptors (Lipinski definition) is 4. The first-order valence-corrected chi connectivity index (χ1v) is 7.05. The Labute approximate surface area is 127 Å². The van der Waals surface area contributed by atoms with Gasteiger partial charge in [0, 0.05) is 18.9 Å². The topological polar surface area (TPSA) is 74.4 Å². The fraction of sp³-hybridized carbons (Fsp3) is 0.500. The Kier molecular flexibility index (Phi) is 5.43. The van der Waals surface area contributed by atoms with Crippen LogP contribution in [0.1, 0.15) is 0 Å². The van der Waals surface area contributed by atoms with Gasteiger partial charge in [0.05, 0.1) is 24.2 Å². The molecule has 2 heterocycles. The maximum Gasteiger partial charge on any atom is 0.251 e. The molecule has 1 aliphatic heterocycles. The lowest BCUT2D eigenvalue weighted by Crippen LogP contribution is -2.53. The van der Waals surface area contributed by atoms with Gasteiger partial charge in [-0.15, -0.1) is 0 Å². The van der Waals surface area contributed by atoms with Gasteiger partial charge in [-0.05, 0) is 15.9 Å². The molecule has 1 amide bonds. The summed E-state index contributed by atoms with van der Waals surface area (Å²) in [5.74, 6) is -0.543. The van der Waals surface area contributed by atoms with Crippen molar-refractivity contribution in [1.29, 1.82) is 0 Å². The minimum atomic E-state index is -2.53. The van der Waals surface area contributed by atoms with Gasteiger partial charge in [-0.3, -0.25) is 14.5 Å². The summed E-state index contributed by atoms with van der Waals surface area (Å²) in [6, 6.07) is -0.842. The van der Waals surface area contributed by atoms with Crippen molar-refractivity contribution in [2.45, 2.75) is 12.5 Å². The zero-order chi connectivity index (χ0) is 15.4. The van der Waals surface area contributed by atoms with Crippen LogP contribution in [0, 0.1) is 0 Å². The molecule has 0 aromatic carbocycles. The van der Waals surface area contributed by atoms with Gasteiger partial charge in [0.15, 0.2) is 0 Å². The molecule has 0 saturated carbocycles. The molecule has 116 valence electrons. The number of rotatable bonds is 4. The number of halogens is 3. The molecule has 2 rings (SSSR count). The van der Waals surface area contributed by atoms with E-state index in [-0.39, 0.29) is 28.7 Å². The highest BCUT2D eigenvalue weighted by atomic mass is 79.9. The predicted octanol–water partition coefficient (Wildman–Crippen LogP) is 1.04. The van der Waals surface area contributed by atoms with Crippen molar-refractivity contribution in [3.63, 3.8) is 0 Å². The van der Waals surface area contributed by atoms with Crippen LogP contribution in [0.15, 0.2) is 21.7 Å². The van der Waals surface area contributed by atoms with Crippen molar-refractivity contribution in [3.8, 4) is 0 Å². The molecule has 1 fully saturated rings. The molecule has 0 aliphatic carbocycles. The molecule has 1 atom stereocenters. The highest BCUT2D eigenvalue weighted by molar-refractivity contribution is 9.10. The molecular weight excluding hydrogens is 352 g/mol. The lowest BCUT2D eigenvalue weighted by atomic mass is 10.2. The number of morpholine rings is 1. The molecule has 1 aromatic heterocycles. The van der Waals surface area contributed by atoms with Gasteiger partial charge in [0.25, 0.3) is 6.43 Å². The number of aromatic amines is 1. The Morgan fingerprint density at radius 1 is 1.57 bits per heavy atom. The van der Waals surface area contributed by atoms with Crippen molar-refractivity contribution in [1.82, 2.24) is 9.88 Å². The van der Waals surface area contributed by atoms with Crippen LogP contribution >= 0.6 is 15.9 Å². The number of alkyl halides is 2. The number of hydrogen-bond donors (Lipinski definition) is 2. The van der Waals surface area contributed by atoms with Gasteiger partial charge in [-0.1, -0.05) is 0 Å². The van der Waals surface area contributed by atoms with Gasteiger partial charge < -0.3 is 15.0 Å². The molecule has 0 spiro atoms. The van der Waals surface area contributed by atoms with E-state index in [4.69, 9.17) is 4.74 Å². The van der Waals surface area contributed by atoms with Crippen molar-refractivity contribution in [2.75, 3.05) is 31.6 Å². The van der Waals surface area contributed by atoms with Crippen LogP contribution in [-0.4, -0.2) is 54.6 Å². The van der Waals surface area contributed by atoms with Crippen LogP contribution in [0.5, 0.6) is 0 Å². The molecule has 9 heteroatoms. The number of pyridine rings is 1. The highest BCUT2D eigenvalue weighted by Gasteiger charge is 2.31. The molecule has 1 aromatic rings. The summed E-state index contributed by atoms with van der Waals surface area (Å²) >= 11 is 3.05. The van der Waals surface area contributed by atoms with Crippen LogP contribution in [0.3, 0.4) is 0 Å². The average molecular weight is 366 g/mol. The maximum absolute atomic E-state index is 12.5. The van der Waals surface area contributed by atoms with E-state index in [1.54, 1.807) is 0 Å². The zero-order valence-electron chi connectivity index (χ0n) is 10.9. The highest BCUT2D eigenvalue weighted by Crippen LogP contribution is 2.12. The third kappa shape index (κ3) is 4.08. The molecule has 1 unspecified atom stereocenters. The van der Waals surface area contributed by atoms with Crippen molar-refractivity contribution in [2.24, 2.45) is 0 Å². The smallest absolute Gasteiger partial charge is 0.251 e. The number of carbonyl (C=O) groups excluding carboxylic acids is 1. The van der Waals surface area contributed by atoms with Crippen LogP contribution in [0.4, 0.5) is 14.5 Å². The first kappa shape index (κ1) is 16.1. The fourth-order valence-corrected chi connectivity index (χ4v) is 2.39. The Hall–Kier alpha value is -1.32. The van der Waals surface area contributed by atoms with Crippen LogP contribution in [0.25, 0.3) is 0 Å². The number of nitrogens with zero attached hydrogens (tertiary/aromatic N) is 1. The van der Waals surface area contributed by atoms with Gasteiger partial charge in [-0.2, -0.15) is 0 Å². The van der Waals surface area contributed by atoms with Crippen LogP contribution < -0.4 is 10.7 Å². The second-order valence-corrected chi connectivity index (χ2v) is 5.37. The van der Waals surface area contributed by atoms with Gasteiger partial charge in [-0.25, -0.2) is 8.78 Å². The monoisotopic (exact) mass is 365 g/mol. The molecule has 0 radical (unpaired) electrons. The number of aromatic nitrogens is 1. The number of nitrogens with one attached hydrogen (secondary N) is 2. The summed E-state index contributed by atoms with van der Waals surface area (Å²) in [6.07, 6.45) is 0.240. The minimum absolute atomic E-state index is 0.0183. The summed E-state index contributed by atoms with van der Waals surface area (Å²) in [5, 5.41) is 2.44. The van der Waals surface area contributed by atoms with Gasteiger partial charge >= 0.3 is 0 Å². The Balaban J connectivity index is 2.10. The standard InChI is InChI=1S/C12H14BrF2N3O3/c13-7-3-16-4-8(11(7)19)17-12(20)9-6-21-2-1-18(9)5-10(14)15/h3-4,9-10H,1-2,5-6H2,(H,16,19)(H,17,20). The van der Waals surface area contributed by atoms with Gasteiger partial charge in [0.1, 0.15) is 11.7 Å². The normalized spacial score (nSPS) is 19.7. The first-order valence-electron chi connectivity index (χ1n) is 6.26. The molecule has 21 heavy (non-hydrogen) atoms. The predicted molar refractivity (Wildman–Crippen MR) is 75.6 cm³/mol. The van der Waals surface area contributed by atoms with Crippen LogP contribution in [0.2, 0.25) is 0 Å². The molecule has 1 saturated heterocycles. The number of H-pyrrole nitrogens is 1. The SMILES string of the molecule is O=C(Nc1c[nH]cc(Br)c1=O)C1COCCN1CC(F)F. The van der Waals surface area contributed by atoms with E-state index in [2.05, 4.69) is 26.2 Å². The third-order valence-corrected chi connectivity index (χ3v) is 3.66. The third-order valence-electron chi connectivity index (χ3n) is 3.07.